The molecule has 2 atom stereocenters. The van der Waals surface area contributed by atoms with E-state index in [1.165, 1.54) is 0 Å². The molecule has 16 heavy (non-hydrogen) atoms. The highest BCUT2D eigenvalue weighted by Crippen LogP contribution is 2.09. The van der Waals surface area contributed by atoms with Gasteiger partial charge in [-0.3, -0.25) is 9.59 Å². The fourth-order valence-electron chi connectivity index (χ4n) is 1.87. The molecule has 0 bridgehead atoms. The Morgan fingerprint density at radius 2 is 1.81 bits per heavy atom. The maximum absolute atomic E-state index is 10.7. The largest absolute Gasteiger partial charge is 0.356 e. The highest BCUT2D eigenvalue weighted by molar-refractivity contribution is 5.78. The number of amides is 2. The second-order valence-corrected chi connectivity index (χ2v) is 4.78. The Bertz CT molecular complexity index is 253. The molecule has 2 N–H and O–H groups in total. The average molecular weight is 226 g/mol. The molecule has 0 aromatic heterocycles. The summed E-state index contributed by atoms with van der Waals surface area (Å²) >= 11 is 0. The van der Waals surface area contributed by atoms with E-state index in [0.29, 0.717) is 5.92 Å². The van der Waals surface area contributed by atoms with Gasteiger partial charge in [0.05, 0.1) is 0 Å². The van der Waals surface area contributed by atoms with Gasteiger partial charge in [0.15, 0.2) is 0 Å². The van der Waals surface area contributed by atoms with Gasteiger partial charge in [-0.15, -0.1) is 0 Å². The SMILES string of the molecule is CC1CCCNC1=O.CC1CCNC(=O)C1. The third-order valence-electron chi connectivity index (χ3n) is 3.05. The van der Waals surface area contributed by atoms with Crippen molar-refractivity contribution in [3.05, 3.63) is 0 Å². The summed E-state index contributed by atoms with van der Waals surface area (Å²) in [6, 6.07) is 0. The molecule has 2 aliphatic rings. The van der Waals surface area contributed by atoms with Gasteiger partial charge in [-0.2, -0.15) is 0 Å². The van der Waals surface area contributed by atoms with E-state index in [-0.39, 0.29) is 17.7 Å². The minimum Gasteiger partial charge on any atom is -0.356 e. The van der Waals surface area contributed by atoms with Crippen molar-refractivity contribution in [2.75, 3.05) is 13.1 Å². The topological polar surface area (TPSA) is 58.2 Å². The van der Waals surface area contributed by atoms with E-state index >= 15 is 0 Å². The first kappa shape index (κ1) is 13.0. The summed E-state index contributed by atoms with van der Waals surface area (Å²) in [5.41, 5.74) is 0. The van der Waals surface area contributed by atoms with Crippen LogP contribution >= 0.6 is 0 Å². The Morgan fingerprint density at radius 3 is 2.19 bits per heavy atom. The van der Waals surface area contributed by atoms with Crippen LogP contribution in [0.2, 0.25) is 0 Å². The molecule has 0 spiro atoms. The molecule has 92 valence electrons. The quantitative estimate of drug-likeness (QED) is 0.649. The summed E-state index contributed by atoms with van der Waals surface area (Å²) in [6.07, 6.45) is 4.07. The molecule has 0 radical (unpaired) electrons. The van der Waals surface area contributed by atoms with Crippen molar-refractivity contribution < 1.29 is 9.59 Å². The number of nitrogens with one attached hydrogen (secondary N) is 2. The fourth-order valence-corrected chi connectivity index (χ4v) is 1.87. The molecule has 0 aromatic carbocycles. The summed E-state index contributed by atoms with van der Waals surface area (Å²) < 4.78 is 0. The second-order valence-electron chi connectivity index (χ2n) is 4.78. The lowest BCUT2D eigenvalue weighted by Crippen LogP contribution is -2.34. The lowest BCUT2D eigenvalue weighted by atomic mass is 10.0. The maximum atomic E-state index is 10.7. The van der Waals surface area contributed by atoms with Crippen LogP contribution in [0.1, 0.15) is 39.5 Å². The number of hydrogen-bond donors (Lipinski definition) is 2. The van der Waals surface area contributed by atoms with Gasteiger partial charge in [0, 0.05) is 25.4 Å². The van der Waals surface area contributed by atoms with Gasteiger partial charge in [0.25, 0.3) is 0 Å². The van der Waals surface area contributed by atoms with Gasteiger partial charge in [-0.25, -0.2) is 0 Å². The minimum atomic E-state index is 0.212. The predicted molar refractivity (Wildman–Crippen MR) is 62.8 cm³/mol. The zero-order valence-electron chi connectivity index (χ0n) is 10.2. The molecule has 2 aliphatic heterocycles. The molecule has 4 heteroatoms. The molecule has 2 heterocycles. The second kappa shape index (κ2) is 6.51. The first-order chi connectivity index (χ1) is 7.59. The number of piperidine rings is 2. The smallest absolute Gasteiger partial charge is 0.222 e. The van der Waals surface area contributed by atoms with Crippen LogP contribution in [-0.4, -0.2) is 24.9 Å². The van der Waals surface area contributed by atoms with Gasteiger partial charge < -0.3 is 10.6 Å². The van der Waals surface area contributed by atoms with Crippen molar-refractivity contribution in [1.82, 2.24) is 10.6 Å². The molecule has 2 saturated heterocycles. The monoisotopic (exact) mass is 226 g/mol. The Hall–Kier alpha value is -1.06. The lowest BCUT2D eigenvalue weighted by Gasteiger charge is -2.16. The van der Waals surface area contributed by atoms with E-state index in [0.717, 1.165) is 38.8 Å². The summed E-state index contributed by atoms with van der Waals surface area (Å²) in [5.74, 6) is 1.28. The Kier molecular flexibility index (Phi) is 5.29. The molecule has 4 nitrogen and oxygen atoms in total. The van der Waals surface area contributed by atoms with E-state index < -0.39 is 0 Å². The van der Waals surface area contributed by atoms with Crippen LogP contribution in [0.3, 0.4) is 0 Å². The van der Waals surface area contributed by atoms with E-state index in [1.54, 1.807) is 0 Å². The number of hydrogen-bond acceptors (Lipinski definition) is 2. The third-order valence-corrected chi connectivity index (χ3v) is 3.05. The summed E-state index contributed by atoms with van der Waals surface area (Å²) in [4.78, 5) is 21.2. The maximum Gasteiger partial charge on any atom is 0.222 e. The van der Waals surface area contributed by atoms with Crippen LogP contribution < -0.4 is 10.6 Å². The Labute approximate surface area is 97.2 Å². The van der Waals surface area contributed by atoms with E-state index in [9.17, 15) is 9.59 Å². The first-order valence-electron chi connectivity index (χ1n) is 6.14. The Morgan fingerprint density at radius 1 is 1.06 bits per heavy atom. The third kappa shape index (κ3) is 4.64. The molecule has 2 rings (SSSR count). The van der Waals surface area contributed by atoms with Crippen molar-refractivity contribution in [2.45, 2.75) is 39.5 Å². The number of rotatable bonds is 0. The molecule has 2 amide bonds. The van der Waals surface area contributed by atoms with Crippen molar-refractivity contribution in [2.24, 2.45) is 11.8 Å². The number of carbonyl (C=O) groups excluding carboxylic acids is 2. The van der Waals surface area contributed by atoms with Crippen molar-refractivity contribution in [1.29, 1.82) is 0 Å². The van der Waals surface area contributed by atoms with Crippen molar-refractivity contribution >= 4 is 11.8 Å². The number of carbonyl (C=O) groups is 2. The van der Waals surface area contributed by atoms with Crippen LogP contribution in [0.5, 0.6) is 0 Å². The van der Waals surface area contributed by atoms with Gasteiger partial charge in [0.2, 0.25) is 11.8 Å². The van der Waals surface area contributed by atoms with Gasteiger partial charge in [0.1, 0.15) is 0 Å². The van der Waals surface area contributed by atoms with Gasteiger partial charge >= 0.3 is 0 Å². The van der Waals surface area contributed by atoms with Crippen LogP contribution in [0.4, 0.5) is 0 Å². The van der Waals surface area contributed by atoms with Crippen LogP contribution in [-0.2, 0) is 9.59 Å². The van der Waals surface area contributed by atoms with Crippen LogP contribution in [0.25, 0.3) is 0 Å². The van der Waals surface area contributed by atoms with E-state index in [2.05, 4.69) is 17.6 Å². The van der Waals surface area contributed by atoms with Crippen LogP contribution in [0, 0.1) is 11.8 Å². The zero-order valence-corrected chi connectivity index (χ0v) is 10.2. The fraction of sp³-hybridized carbons (Fsp3) is 0.833. The first-order valence-corrected chi connectivity index (χ1v) is 6.14. The Balaban J connectivity index is 0.000000160. The summed E-state index contributed by atoms with van der Waals surface area (Å²) in [5, 5.41) is 5.57. The molecular weight excluding hydrogens is 204 g/mol. The standard InChI is InChI=1S/2C6H11NO/c1-5-2-3-7-6(8)4-5;1-5-3-2-4-7-6(5)8/h2*5H,2-4H2,1H3,(H,7,8). The van der Waals surface area contributed by atoms with Gasteiger partial charge in [-0.05, 0) is 25.2 Å². The van der Waals surface area contributed by atoms with E-state index in [1.807, 2.05) is 6.92 Å². The van der Waals surface area contributed by atoms with E-state index in [4.69, 9.17) is 0 Å². The molecule has 0 saturated carbocycles. The highest BCUT2D eigenvalue weighted by Gasteiger charge is 2.15. The van der Waals surface area contributed by atoms with Crippen molar-refractivity contribution in [3.8, 4) is 0 Å². The lowest BCUT2D eigenvalue weighted by molar-refractivity contribution is -0.126. The van der Waals surface area contributed by atoms with Gasteiger partial charge in [-0.1, -0.05) is 13.8 Å². The molecule has 2 unspecified atom stereocenters. The van der Waals surface area contributed by atoms with Crippen LogP contribution in [0.15, 0.2) is 0 Å². The molecular formula is C12H22N2O2. The predicted octanol–water partition coefficient (Wildman–Crippen LogP) is 1.06. The minimum absolute atomic E-state index is 0.212. The zero-order chi connectivity index (χ0) is 12.0. The summed E-state index contributed by atoms with van der Waals surface area (Å²) in [7, 11) is 0. The highest BCUT2D eigenvalue weighted by atomic mass is 16.2. The normalized spacial score (nSPS) is 29.6. The van der Waals surface area contributed by atoms with Crippen molar-refractivity contribution in [3.63, 3.8) is 0 Å². The molecule has 0 aliphatic carbocycles. The molecule has 2 fully saturated rings. The summed E-state index contributed by atoms with van der Waals surface area (Å²) in [6.45, 7) is 5.83. The average Bonchev–Trinajstić information content (AvgIpc) is 2.23. The molecule has 0 aromatic rings.